The molecule has 0 saturated carbocycles. The molecule has 0 aliphatic rings. The molecule has 0 aliphatic heterocycles. The zero-order valence-corrected chi connectivity index (χ0v) is 18.2. The first kappa shape index (κ1) is 22.0. The second-order valence-corrected chi connectivity index (χ2v) is 7.51. The Bertz CT molecular complexity index is 1090. The number of anilines is 1. The van der Waals surface area contributed by atoms with Crippen molar-refractivity contribution in [3.8, 4) is 5.75 Å². The smallest absolute Gasteiger partial charge is 0.276 e. The van der Waals surface area contributed by atoms with E-state index in [4.69, 9.17) is 4.74 Å². The van der Waals surface area contributed by atoms with Gasteiger partial charge in [0.05, 0.1) is 0 Å². The topological polar surface area (TPSA) is 96.5 Å². The monoisotopic (exact) mass is 481 g/mol. The molecule has 3 aromatic rings. The van der Waals surface area contributed by atoms with Gasteiger partial charge in [-0.3, -0.25) is 25.2 Å². The average molecular weight is 482 g/mol. The summed E-state index contributed by atoms with van der Waals surface area (Å²) in [7, 11) is 0. The van der Waals surface area contributed by atoms with Crippen molar-refractivity contribution < 1.29 is 19.1 Å². The number of carbonyl (C=O) groups is 3. The van der Waals surface area contributed by atoms with Gasteiger partial charge in [-0.15, -0.1) is 0 Å². The largest absolute Gasteiger partial charge is 0.483 e. The fourth-order valence-electron chi connectivity index (χ4n) is 2.65. The molecule has 7 nitrogen and oxygen atoms in total. The van der Waals surface area contributed by atoms with E-state index in [0.29, 0.717) is 22.6 Å². The molecule has 3 N–H and O–H groups in total. The number of aryl methyl sites for hydroxylation is 1. The van der Waals surface area contributed by atoms with E-state index in [1.54, 1.807) is 54.6 Å². The van der Waals surface area contributed by atoms with Crippen LogP contribution in [0.4, 0.5) is 5.69 Å². The number of ether oxygens (including phenoxy) is 1. The molecule has 3 aromatic carbocycles. The quantitative estimate of drug-likeness (QED) is 0.465. The van der Waals surface area contributed by atoms with Crippen molar-refractivity contribution in [3.63, 3.8) is 0 Å². The third-order valence-corrected chi connectivity index (χ3v) is 4.75. The van der Waals surface area contributed by atoms with Gasteiger partial charge in [0.1, 0.15) is 5.75 Å². The minimum Gasteiger partial charge on any atom is -0.483 e. The van der Waals surface area contributed by atoms with E-state index >= 15 is 0 Å². The number of hydrogen-bond donors (Lipinski definition) is 3. The average Bonchev–Trinajstić information content (AvgIpc) is 2.78. The fraction of sp³-hybridized carbons (Fsp3) is 0.0870. The van der Waals surface area contributed by atoms with Crippen molar-refractivity contribution in [2.24, 2.45) is 0 Å². The van der Waals surface area contributed by atoms with E-state index in [2.05, 4.69) is 32.1 Å². The zero-order valence-electron chi connectivity index (χ0n) is 16.6. The summed E-state index contributed by atoms with van der Waals surface area (Å²) in [6, 6.07) is 20.6. The Hall–Kier alpha value is -3.65. The Morgan fingerprint density at radius 1 is 0.839 bits per heavy atom. The van der Waals surface area contributed by atoms with Crippen molar-refractivity contribution in [3.05, 3.63) is 94.0 Å². The minimum atomic E-state index is -0.498. The van der Waals surface area contributed by atoms with Gasteiger partial charge in [0.2, 0.25) is 0 Å². The summed E-state index contributed by atoms with van der Waals surface area (Å²) in [6.45, 7) is 1.62. The molecule has 0 spiro atoms. The molecule has 158 valence electrons. The second kappa shape index (κ2) is 10.4. The summed E-state index contributed by atoms with van der Waals surface area (Å²) in [5.74, 6) is -0.652. The predicted molar refractivity (Wildman–Crippen MR) is 121 cm³/mol. The lowest BCUT2D eigenvalue weighted by atomic mass is 10.1. The van der Waals surface area contributed by atoms with Crippen molar-refractivity contribution in [2.75, 3.05) is 11.9 Å². The van der Waals surface area contributed by atoms with Gasteiger partial charge >= 0.3 is 0 Å². The minimum absolute atomic E-state index is 0.243. The summed E-state index contributed by atoms with van der Waals surface area (Å²) in [6.07, 6.45) is 0. The third-order valence-electron chi connectivity index (χ3n) is 4.25. The Balaban J connectivity index is 1.46. The standard InChI is InChI=1S/C23H20BrN3O4/c1-15-13-18(24)9-12-20(15)31-14-21(28)26-27-23(30)17-7-10-19(11-8-17)25-22(29)16-5-3-2-4-6-16/h2-13H,14H2,1H3,(H,25,29)(H,26,28)(H,27,30). The number of halogens is 1. The Kier molecular flexibility index (Phi) is 7.40. The van der Waals surface area contributed by atoms with Crippen molar-refractivity contribution >= 4 is 39.3 Å². The van der Waals surface area contributed by atoms with Crippen LogP contribution < -0.4 is 20.9 Å². The molecule has 0 aliphatic carbocycles. The number of amides is 3. The van der Waals surface area contributed by atoms with E-state index in [1.807, 2.05) is 25.1 Å². The van der Waals surface area contributed by atoms with E-state index in [0.717, 1.165) is 10.0 Å². The van der Waals surface area contributed by atoms with Crippen molar-refractivity contribution in [1.82, 2.24) is 10.9 Å². The van der Waals surface area contributed by atoms with Crippen molar-refractivity contribution in [1.29, 1.82) is 0 Å². The lowest BCUT2D eigenvalue weighted by molar-refractivity contribution is -0.123. The lowest BCUT2D eigenvalue weighted by Gasteiger charge is -2.11. The molecule has 0 bridgehead atoms. The maximum Gasteiger partial charge on any atom is 0.276 e. The molecule has 0 saturated heterocycles. The van der Waals surface area contributed by atoms with Gasteiger partial charge in [-0.2, -0.15) is 0 Å². The van der Waals surface area contributed by atoms with Crippen LogP contribution in [0.15, 0.2) is 77.3 Å². The summed E-state index contributed by atoms with van der Waals surface area (Å²) in [5, 5.41) is 2.75. The first-order valence-corrected chi connectivity index (χ1v) is 10.2. The van der Waals surface area contributed by atoms with Crippen LogP contribution in [0.1, 0.15) is 26.3 Å². The van der Waals surface area contributed by atoms with Gasteiger partial charge in [0.15, 0.2) is 6.61 Å². The lowest BCUT2D eigenvalue weighted by Crippen LogP contribution is -2.43. The molecular weight excluding hydrogens is 462 g/mol. The number of hydrogen-bond acceptors (Lipinski definition) is 4. The molecule has 0 aromatic heterocycles. The van der Waals surface area contributed by atoms with Crippen LogP contribution in [0.5, 0.6) is 5.75 Å². The SMILES string of the molecule is Cc1cc(Br)ccc1OCC(=O)NNC(=O)c1ccc(NC(=O)c2ccccc2)cc1. The number of carbonyl (C=O) groups excluding carboxylic acids is 3. The Morgan fingerprint density at radius 2 is 1.52 bits per heavy atom. The maximum absolute atomic E-state index is 12.2. The first-order valence-electron chi connectivity index (χ1n) is 9.37. The molecule has 0 radical (unpaired) electrons. The van der Waals surface area contributed by atoms with Crippen molar-refractivity contribution in [2.45, 2.75) is 6.92 Å². The molecule has 0 atom stereocenters. The van der Waals surface area contributed by atoms with Crippen LogP contribution in [0.25, 0.3) is 0 Å². The van der Waals surface area contributed by atoms with Crippen LogP contribution in [0.3, 0.4) is 0 Å². The van der Waals surface area contributed by atoms with Crippen LogP contribution >= 0.6 is 15.9 Å². The molecule has 3 amide bonds. The highest BCUT2D eigenvalue weighted by Gasteiger charge is 2.10. The van der Waals surface area contributed by atoms with E-state index in [-0.39, 0.29) is 12.5 Å². The van der Waals surface area contributed by atoms with Gasteiger partial charge < -0.3 is 10.1 Å². The maximum atomic E-state index is 12.2. The van der Waals surface area contributed by atoms with Gasteiger partial charge in [0.25, 0.3) is 17.7 Å². The zero-order chi connectivity index (χ0) is 22.2. The summed E-state index contributed by atoms with van der Waals surface area (Å²) in [5.41, 5.74) is 6.93. The van der Waals surface area contributed by atoms with Crippen LogP contribution in [0.2, 0.25) is 0 Å². The van der Waals surface area contributed by atoms with E-state index < -0.39 is 11.8 Å². The number of hydrazine groups is 1. The molecular formula is C23H20BrN3O4. The van der Waals surface area contributed by atoms with Gasteiger partial charge in [0, 0.05) is 21.3 Å². The highest BCUT2D eigenvalue weighted by atomic mass is 79.9. The predicted octanol–water partition coefficient (Wildman–Crippen LogP) is 3.85. The third kappa shape index (κ3) is 6.42. The molecule has 0 fully saturated rings. The molecule has 3 rings (SSSR count). The Labute approximate surface area is 187 Å². The van der Waals surface area contributed by atoms with E-state index in [1.165, 1.54) is 0 Å². The van der Waals surface area contributed by atoms with Gasteiger partial charge in [-0.1, -0.05) is 34.1 Å². The molecule has 31 heavy (non-hydrogen) atoms. The van der Waals surface area contributed by atoms with Gasteiger partial charge in [-0.25, -0.2) is 0 Å². The van der Waals surface area contributed by atoms with Crippen LogP contribution in [-0.2, 0) is 4.79 Å². The van der Waals surface area contributed by atoms with Crippen LogP contribution in [-0.4, -0.2) is 24.3 Å². The van der Waals surface area contributed by atoms with E-state index in [9.17, 15) is 14.4 Å². The molecule has 0 unspecified atom stereocenters. The number of nitrogens with one attached hydrogen (secondary N) is 3. The number of rotatable bonds is 6. The molecule has 8 heteroatoms. The molecule has 0 heterocycles. The summed E-state index contributed by atoms with van der Waals surface area (Å²) < 4.78 is 6.37. The first-order chi connectivity index (χ1) is 14.9. The van der Waals surface area contributed by atoms with Gasteiger partial charge in [-0.05, 0) is 67.1 Å². The Morgan fingerprint density at radius 3 is 2.19 bits per heavy atom. The summed E-state index contributed by atoms with van der Waals surface area (Å²) in [4.78, 5) is 36.3. The fourth-order valence-corrected chi connectivity index (χ4v) is 3.13. The van der Waals surface area contributed by atoms with Crippen LogP contribution in [0, 0.1) is 6.92 Å². The number of benzene rings is 3. The highest BCUT2D eigenvalue weighted by Crippen LogP contribution is 2.21. The highest BCUT2D eigenvalue weighted by molar-refractivity contribution is 9.10. The second-order valence-electron chi connectivity index (χ2n) is 6.60. The summed E-state index contributed by atoms with van der Waals surface area (Å²) >= 11 is 3.36. The normalized spacial score (nSPS) is 10.1.